The van der Waals surface area contributed by atoms with E-state index in [0.29, 0.717) is 12.8 Å². The van der Waals surface area contributed by atoms with Gasteiger partial charge in [0.15, 0.2) is 0 Å². The minimum absolute atomic E-state index is 0.0322. The lowest BCUT2D eigenvalue weighted by atomic mass is 9.78. The van der Waals surface area contributed by atoms with Gasteiger partial charge < -0.3 is 33.9 Å². The van der Waals surface area contributed by atoms with E-state index in [1.54, 1.807) is 21.0 Å². The molecule has 2 N–H and O–H groups in total. The third kappa shape index (κ3) is 6.05. The highest BCUT2D eigenvalue weighted by Gasteiger charge is 2.54. The first-order valence-electron chi connectivity index (χ1n) is 14.8. The van der Waals surface area contributed by atoms with Crippen LogP contribution in [-0.2, 0) is 23.7 Å². The van der Waals surface area contributed by atoms with Crippen molar-refractivity contribution in [3.05, 3.63) is 12.2 Å². The van der Waals surface area contributed by atoms with Gasteiger partial charge in [-0.1, -0.05) is 6.58 Å². The van der Waals surface area contributed by atoms with Crippen molar-refractivity contribution >= 4 is 0 Å². The molecule has 4 heterocycles. The molecule has 0 unspecified atom stereocenters. The third-order valence-corrected chi connectivity index (χ3v) is 10.3. The van der Waals surface area contributed by atoms with Crippen molar-refractivity contribution in [2.24, 2.45) is 0 Å². The third-order valence-electron chi connectivity index (χ3n) is 10.3. The maximum atomic E-state index is 11.0. The van der Waals surface area contributed by atoms with Gasteiger partial charge in [-0.3, -0.25) is 0 Å². The fourth-order valence-corrected chi connectivity index (χ4v) is 7.03. The molecule has 0 bridgehead atoms. The van der Waals surface area contributed by atoms with Crippen molar-refractivity contribution in [1.82, 2.24) is 0 Å². The lowest BCUT2D eigenvalue weighted by Crippen LogP contribution is -2.59. The smallest absolute Gasteiger partial charge is 0.0924 e. The van der Waals surface area contributed by atoms with Gasteiger partial charge in [0, 0.05) is 7.11 Å². The minimum atomic E-state index is -0.909. The normalized spacial score (nSPS) is 43.2. The molecule has 0 aliphatic carbocycles. The Balaban J connectivity index is 1.28. The average molecular weight is 539 g/mol. The first-order chi connectivity index (χ1) is 17.5. The second-order valence-electron chi connectivity index (χ2n) is 14.2. The van der Waals surface area contributed by atoms with Crippen LogP contribution < -0.4 is 0 Å². The molecule has 0 aromatic carbocycles. The summed E-state index contributed by atoms with van der Waals surface area (Å²) in [5, 5.41) is 21.3. The monoisotopic (exact) mass is 538 g/mol. The molecular formula is C31H54O7. The molecule has 0 radical (unpaired) electrons. The van der Waals surface area contributed by atoms with Gasteiger partial charge >= 0.3 is 0 Å². The van der Waals surface area contributed by atoms with E-state index >= 15 is 0 Å². The molecule has 0 spiro atoms. The number of methoxy groups -OCH3 is 1. The molecule has 0 saturated carbocycles. The van der Waals surface area contributed by atoms with Gasteiger partial charge in [0.05, 0.1) is 64.6 Å². The van der Waals surface area contributed by atoms with E-state index in [1.807, 2.05) is 6.92 Å². The Morgan fingerprint density at radius 2 is 1.50 bits per heavy atom. The summed E-state index contributed by atoms with van der Waals surface area (Å²) in [5.74, 6) is 0. The Morgan fingerprint density at radius 1 is 0.895 bits per heavy atom. The molecule has 9 atom stereocenters. The molecule has 4 fully saturated rings. The SMILES string of the molecule is C=C(CC[C@H](O)[C@@]1(C)CC[C@H](C(C)(C)O)O1)[C@H]1CC[C@H]2O[C@@H]([C@]3(C)CC[C@@H](C(C)(C)OC)O3)CC[C@]2(C)O1. The number of fused-ring (bicyclic) bond motifs is 1. The molecule has 4 aliphatic heterocycles. The second kappa shape index (κ2) is 10.7. The van der Waals surface area contributed by atoms with E-state index in [9.17, 15) is 10.2 Å². The number of aliphatic hydroxyl groups excluding tert-OH is 1. The molecule has 4 aliphatic rings. The van der Waals surface area contributed by atoms with E-state index in [4.69, 9.17) is 23.7 Å². The quantitative estimate of drug-likeness (QED) is 0.388. The molecule has 0 aromatic heterocycles. The number of rotatable bonds is 9. The van der Waals surface area contributed by atoms with Crippen LogP contribution in [0.3, 0.4) is 0 Å². The summed E-state index contributed by atoms with van der Waals surface area (Å²) in [6.45, 7) is 18.4. The first kappa shape index (κ1) is 30.4. The zero-order chi connectivity index (χ0) is 28.1. The van der Waals surface area contributed by atoms with Crippen LogP contribution in [-0.4, -0.2) is 82.0 Å². The molecule has 220 valence electrons. The summed E-state index contributed by atoms with van der Waals surface area (Å²) in [7, 11) is 1.75. The minimum Gasteiger partial charge on any atom is -0.390 e. The molecular weight excluding hydrogens is 484 g/mol. The maximum Gasteiger partial charge on any atom is 0.0924 e. The summed E-state index contributed by atoms with van der Waals surface area (Å²) < 4.78 is 31.8. The summed E-state index contributed by atoms with van der Waals surface area (Å²) in [6.07, 6.45) is 7.57. The molecule has 7 heteroatoms. The van der Waals surface area contributed by atoms with Gasteiger partial charge in [0.2, 0.25) is 0 Å². The van der Waals surface area contributed by atoms with E-state index in [1.165, 1.54) is 0 Å². The number of hydrogen-bond donors (Lipinski definition) is 2. The Kier molecular flexibility index (Phi) is 8.56. The fourth-order valence-electron chi connectivity index (χ4n) is 7.03. The van der Waals surface area contributed by atoms with Crippen LogP contribution in [0.15, 0.2) is 12.2 Å². The predicted molar refractivity (Wildman–Crippen MR) is 147 cm³/mol. The van der Waals surface area contributed by atoms with Gasteiger partial charge in [-0.05, 0) is 118 Å². The highest BCUT2D eigenvalue weighted by molar-refractivity contribution is 5.10. The highest BCUT2D eigenvalue weighted by Crippen LogP contribution is 2.48. The summed E-state index contributed by atoms with van der Waals surface area (Å²) in [5.41, 5.74) is -1.48. The van der Waals surface area contributed by atoms with Gasteiger partial charge in [-0.15, -0.1) is 0 Å². The fraction of sp³-hybridized carbons (Fsp3) is 0.935. The van der Waals surface area contributed by atoms with E-state index < -0.39 is 17.3 Å². The number of aliphatic hydroxyl groups is 2. The first-order valence-corrected chi connectivity index (χ1v) is 14.8. The number of ether oxygens (including phenoxy) is 5. The largest absolute Gasteiger partial charge is 0.390 e. The lowest BCUT2D eigenvalue weighted by Gasteiger charge is -2.52. The van der Waals surface area contributed by atoms with Crippen molar-refractivity contribution in [3.63, 3.8) is 0 Å². The molecule has 4 rings (SSSR count). The zero-order valence-corrected chi connectivity index (χ0v) is 25.2. The Hall–Kier alpha value is -0.540. The Bertz CT molecular complexity index is 852. The van der Waals surface area contributed by atoms with Crippen LogP contribution in [0.4, 0.5) is 0 Å². The summed E-state index contributed by atoms with van der Waals surface area (Å²) in [6, 6.07) is 0. The van der Waals surface area contributed by atoms with Crippen LogP contribution in [0.2, 0.25) is 0 Å². The molecule has 0 aromatic rings. The standard InChI is InChI=1S/C31H54O7/c1-20(10-12-22(32)29(6)17-14-23(37-29)27(2,3)33)21-11-13-25-30(7,36-21)19-16-26(35-25)31(8)18-15-24(38-31)28(4,5)34-9/h21-26,32-33H,1,10-19H2,2-9H3/t21-,22+,23-,24+,25-,26-,29-,30+,31+/m1/s1. The van der Waals surface area contributed by atoms with Crippen molar-refractivity contribution < 1.29 is 33.9 Å². The molecule has 7 nitrogen and oxygen atoms in total. The van der Waals surface area contributed by atoms with Crippen molar-refractivity contribution in [3.8, 4) is 0 Å². The maximum absolute atomic E-state index is 11.0. The zero-order valence-electron chi connectivity index (χ0n) is 25.2. The lowest BCUT2D eigenvalue weighted by molar-refractivity contribution is -0.266. The van der Waals surface area contributed by atoms with E-state index in [2.05, 4.69) is 34.3 Å². The van der Waals surface area contributed by atoms with E-state index in [-0.39, 0.29) is 47.3 Å². The number of hydrogen-bond acceptors (Lipinski definition) is 7. The highest BCUT2D eigenvalue weighted by atomic mass is 16.6. The van der Waals surface area contributed by atoms with Crippen molar-refractivity contribution in [1.29, 1.82) is 0 Å². The van der Waals surface area contributed by atoms with Gasteiger partial charge in [0.25, 0.3) is 0 Å². The Labute approximate surface area is 230 Å². The van der Waals surface area contributed by atoms with Crippen LogP contribution in [0.1, 0.15) is 113 Å². The average Bonchev–Trinajstić information content (AvgIpc) is 3.46. The van der Waals surface area contributed by atoms with E-state index in [0.717, 1.165) is 56.9 Å². The molecule has 38 heavy (non-hydrogen) atoms. The topological polar surface area (TPSA) is 86.6 Å². The molecule has 4 saturated heterocycles. The van der Waals surface area contributed by atoms with Gasteiger partial charge in [-0.2, -0.15) is 0 Å². The van der Waals surface area contributed by atoms with Gasteiger partial charge in [0.1, 0.15) is 0 Å². The van der Waals surface area contributed by atoms with Crippen LogP contribution >= 0.6 is 0 Å². The van der Waals surface area contributed by atoms with Crippen LogP contribution in [0, 0.1) is 0 Å². The summed E-state index contributed by atoms with van der Waals surface area (Å²) in [4.78, 5) is 0. The Morgan fingerprint density at radius 3 is 2.13 bits per heavy atom. The second-order valence-corrected chi connectivity index (χ2v) is 14.2. The van der Waals surface area contributed by atoms with Gasteiger partial charge in [-0.25, -0.2) is 0 Å². The van der Waals surface area contributed by atoms with Crippen LogP contribution in [0.5, 0.6) is 0 Å². The summed E-state index contributed by atoms with van der Waals surface area (Å²) >= 11 is 0. The predicted octanol–water partition coefficient (Wildman–Crippen LogP) is 5.24. The van der Waals surface area contributed by atoms with Crippen molar-refractivity contribution in [2.75, 3.05) is 7.11 Å². The van der Waals surface area contributed by atoms with Crippen LogP contribution in [0.25, 0.3) is 0 Å². The van der Waals surface area contributed by atoms with Crippen molar-refractivity contribution in [2.45, 2.75) is 177 Å². The molecule has 0 amide bonds.